The van der Waals surface area contributed by atoms with Crippen LogP contribution in [-0.2, 0) is 0 Å². The zero-order valence-electron chi connectivity index (χ0n) is 18.6. The number of rotatable bonds is 5. The summed E-state index contributed by atoms with van der Waals surface area (Å²) >= 11 is 12.4. The Hall–Kier alpha value is -3.23. The minimum absolute atomic E-state index is 0.00855. The number of carbonyl (C=O) groups excluding carboxylic acids is 2. The summed E-state index contributed by atoms with van der Waals surface area (Å²) in [5, 5.41) is 5.25. The van der Waals surface area contributed by atoms with E-state index < -0.39 is 23.4 Å². The fraction of sp³-hybridized carbons (Fsp3) is 0.208. The molecule has 3 aromatic rings. The number of nitrogens with zero attached hydrogens (tertiary/aromatic N) is 1. The number of pyridine rings is 1. The minimum Gasteiger partial charge on any atom is -0.398 e. The molecular weight excluding hydrogens is 485 g/mol. The molecule has 0 aliphatic heterocycles. The zero-order valence-corrected chi connectivity index (χ0v) is 20.1. The van der Waals surface area contributed by atoms with Gasteiger partial charge in [-0.1, -0.05) is 44.0 Å². The molecule has 1 heterocycles. The first-order chi connectivity index (χ1) is 15.9. The maximum Gasteiger partial charge on any atom is 0.271 e. The van der Waals surface area contributed by atoms with Gasteiger partial charge in [0, 0.05) is 23.4 Å². The SMILES string of the molecule is CC(C)(C)CNC(=O)c1ncc(NC(=O)c2cc(F)c(-c3ccc(F)cc3N)cc2Cl)cc1Cl. The van der Waals surface area contributed by atoms with Crippen LogP contribution in [-0.4, -0.2) is 23.3 Å². The standard InChI is InChI=1S/C24H22Cl2F2N4O2/c1-24(2,3)11-31-23(34)21-18(26)7-13(10-30-21)32-22(33)16-9-19(28)15(8-17(16)25)14-5-4-12(27)6-20(14)29/h4-10H,11,29H2,1-3H3,(H,31,34)(H,32,33). The van der Waals surface area contributed by atoms with Crippen molar-refractivity contribution in [3.63, 3.8) is 0 Å². The predicted molar refractivity (Wildman–Crippen MR) is 130 cm³/mol. The lowest BCUT2D eigenvalue weighted by atomic mass is 9.97. The van der Waals surface area contributed by atoms with E-state index in [1.54, 1.807) is 0 Å². The second-order valence-corrected chi connectivity index (χ2v) is 9.61. The predicted octanol–water partition coefficient (Wildman–Crippen LogP) is 5.94. The van der Waals surface area contributed by atoms with Crippen molar-refractivity contribution >= 4 is 46.4 Å². The summed E-state index contributed by atoms with van der Waals surface area (Å²) in [4.78, 5) is 29.0. The quantitative estimate of drug-likeness (QED) is 0.372. The van der Waals surface area contributed by atoms with Crippen LogP contribution in [0.2, 0.25) is 10.0 Å². The molecule has 0 spiro atoms. The smallest absolute Gasteiger partial charge is 0.271 e. The second-order valence-electron chi connectivity index (χ2n) is 8.80. The molecule has 0 fully saturated rings. The highest BCUT2D eigenvalue weighted by Gasteiger charge is 2.20. The van der Waals surface area contributed by atoms with Gasteiger partial charge in [-0.3, -0.25) is 9.59 Å². The number of nitrogens with two attached hydrogens (primary N) is 1. The van der Waals surface area contributed by atoms with Crippen LogP contribution in [0.5, 0.6) is 0 Å². The number of benzene rings is 2. The Balaban J connectivity index is 1.80. The zero-order chi connectivity index (χ0) is 25.2. The Morgan fingerprint density at radius 3 is 2.32 bits per heavy atom. The van der Waals surface area contributed by atoms with Gasteiger partial charge in [-0.15, -0.1) is 0 Å². The van der Waals surface area contributed by atoms with Crippen molar-refractivity contribution in [1.29, 1.82) is 0 Å². The summed E-state index contributed by atoms with van der Waals surface area (Å²) in [5.74, 6) is -2.49. The van der Waals surface area contributed by atoms with Gasteiger partial charge >= 0.3 is 0 Å². The van der Waals surface area contributed by atoms with E-state index in [2.05, 4.69) is 15.6 Å². The molecular formula is C24H22Cl2F2N4O2. The maximum atomic E-state index is 14.8. The number of hydrogen-bond acceptors (Lipinski definition) is 4. The van der Waals surface area contributed by atoms with Crippen molar-refractivity contribution in [3.8, 4) is 11.1 Å². The molecule has 0 aliphatic rings. The van der Waals surface area contributed by atoms with Gasteiger partial charge in [-0.05, 0) is 41.8 Å². The summed E-state index contributed by atoms with van der Waals surface area (Å²) in [5.41, 5.74) is 6.00. The van der Waals surface area contributed by atoms with Gasteiger partial charge in [0.25, 0.3) is 11.8 Å². The van der Waals surface area contributed by atoms with E-state index in [4.69, 9.17) is 28.9 Å². The first-order valence-corrected chi connectivity index (χ1v) is 10.9. The van der Waals surface area contributed by atoms with Gasteiger partial charge in [0.15, 0.2) is 0 Å². The molecule has 0 unspecified atom stereocenters. The summed E-state index contributed by atoms with van der Waals surface area (Å²) in [6.07, 6.45) is 1.26. The van der Waals surface area contributed by atoms with Gasteiger partial charge in [-0.25, -0.2) is 13.8 Å². The molecule has 0 saturated heterocycles. The number of hydrogen-bond donors (Lipinski definition) is 3. The Morgan fingerprint density at radius 2 is 1.71 bits per heavy atom. The van der Waals surface area contributed by atoms with Crippen LogP contribution in [0.25, 0.3) is 11.1 Å². The van der Waals surface area contributed by atoms with E-state index in [0.717, 1.165) is 18.2 Å². The highest BCUT2D eigenvalue weighted by molar-refractivity contribution is 6.35. The monoisotopic (exact) mass is 506 g/mol. The van der Waals surface area contributed by atoms with E-state index in [1.807, 2.05) is 20.8 Å². The summed E-state index contributed by atoms with van der Waals surface area (Å²) in [7, 11) is 0. The van der Waals surface area contributed by atoms with Crippen molar-refractivity contribution in [2.24, 2.45) is 5.41 Å². The van der Waals surface area contributed by atoms with Crippen LogP contribution in [0.4, 0.5) is 20.2 Å². The summed E-state index contributed by atoms with van der Waals surface area (Å²) in [6.45, 7) is 6.33. The van der Waals surface area contributed by atoms with Crippen molar-refractivity contribution in [1.82, 2.24) is 10.3 Å². The first kappa shape index (κ1) is 25.4. The molecule has 1 aromatic heterocycles. The fourth-order valence-corrected chi connectivity index (χ4v) is 3.51. The second kappa shape index (κ2) is 9.95. The van der Waals surface area contributed by atoms with E-state index in [9.17, 15) is 18.4 Å². The topological polar surface area (TPSA) is 97.1 Å². The molecule has 34 heavy (non-hydrogen) atoms. The van der Waals surface area contributed by atoms with Gasteiger partial charge in [0.1, 0.15) is 17.3 Å². The third kappa shape index (κ3) is 6.01. The van der Waals surface area contributed by atoms with Crippen molar-refractivity contribution in [3.05, 3.63) is 75.5 Å². The molecule has 6 nitrogen and oxygen atoms in total. The maximum absolute atomic E-state index is 14.8. The van der Waals surface area contributed by atoms with E-state index in [-0.39, 0.29) is 49.2 Å². The Labute approximate surface area is 205 Å². The lowest BCUT2D eigenvalue weighted by Gasteiger charge is -2.18. The van der Waals surface area contributed by atoms with Crippen molar-refractivity contribution in [2.75, 3.05) is 17.6 Å². The number of anilines is 2. The lowest BCUT2D eigenvalue weighted by Crippen LogP contribution is -2.32. The molecule has 178 valence electrons. The Bertz CT molecular complexity index is 1280. The fourth-order valence-electron chi connectivity index (χ4n) is 3.01. The molecule has 4 N–H and O–H groups in total. The average molecular weight is 507 g/mol. The number of carbonyl (C=O) groups is 2. The van der Waals surface area contributed by atoms with Gasteiger partial charge in [-0.2, -0.15) is 0 Å². The largest absolute Gasteiger partial charge is 0.398 e. The van der Waals surface area contributed by atoms with Crippen LogP contribution in [0.15, 0.2) is 42.6 Å². The highest BCUT2D eigenvalue weighted by atomic mass is 35.5. The van der Waals surface area contributed by atoms with Crippen LogP contribution in [0.1, 0.15) is 41.6 Å². The Morgan fingerprint density at radius 1 is 1.00 bits per heavy atom. The number of halogens is 4. The van der Waals surface area contributed by atoms with E-state index >= 15 is 0 Å². The molecule has 0 radical (unpaired) electrons. The highest BCUT2D eigenvalue weighted by Crippen LogP contribution is 2.33. The number of nitrogens with one attached hydrogen (secondary N) is 2. The average Bonchev–Trinajstić information content (AvgIpc) is 2.73. The van der Waals surface area contributed by atoms with E-state index in [0.29, 0.717) is 6.54 Å². The van der Waals surface area contributed by atoms with Crippen LogP contribution in [0.3, 0.4) is 0 Å². The number of amides is 2. The van der Waals surface area contributed by atoms with Crippen molar-refractivity contribution < 1.29 is 18.4 Å². The summed E-state index contributed by atoms with van der Waals surface area (Å²) < 4.78 is 28.1. The normalized spacial score (nSPS) is 11.3. The van der Waals surface area contributed by atoms with Gasteiger partial charge in [0.05, 0.1) is 27.5 Å². The van der Waals surface area contributed by atoms with Crippen LogP contribution >= 0.6 is 23.2 Å². The van der Waals surface area contributed by atoms with Gasteiger partial charge < -0.3 is 16.4 Å². The molecule has 10 heteroatoms. The van der Waals surface area contributed by atoms with E-state index in [1.165, 1.54) is 24.4 Å². The Kier molecular flexibility index (Phi) is 7.43. The minimum atomic E-state index is -0.769. The van der Waals surface area contributed by atoms with Crippen molar-refractivity contribution in [2.45, 2.75) is 20.8 Å². The third-order valence-electron chi connectivity index (χ3n) is 4.70. The van der Waals surface area contributed by atoms with Gasteiger partial charge in [0.2, 0.25) is 0 Å². The molecule has 0 bridgehead atoms. The number of nitrogen functional groups attached to an aromatic ring is 1. The lowest BCUT2D eigenvalue weighted by molar-refractivity contribution is 0.0934. The molecule has 2 amide bonds. The van der Waals surface area contributed by atoms with Crippen LogP contribution < -0.4 is 16.4 Å². The summed E-state index contributed by atoms with van der Waals surface area (Å²) in [6, 6.07) is 7.08. The molecule has 0 saturated carbocycles. The molecule has 0 atom stereocenters. The first-order valence-electron chi connectivity index (χ1n) is 10.2. The molecule has 0 aliphatic carbocycles. The molecule has 2 aromatic carbocycles. The third-order valence-corrected chi connectivity index (χ3v) is 5.30. The molecule has 3 rings (SSSR count). The number of aromatic nitrogens is 1. The van der Waals surface area contributed by atoms with Crippen LogP contribution in [0, 0.1) is 17.0 Å².